The summed E-state index contributed by atoms with van der Waals surface area (Å²) in [5.74, 6) is 0.949. The van der Waals surface area contributed by atoms with Gasteiger partial charge in [0.25, 0.3) is 5.91 Å². The number of hydrogen-bond donors (Lipinski definition) is 1. The molecule has 1 N–H and O–H groups in total. The van der Waals surface area contributed by atoms with E-state index >= 15 is 0 Å². The Morgan fingerprint density at radius 1 is 1.35 bits per heavy atom. The third-order valence-electron chi connectivity index (χ3n) is 2.84. The molecule has 0 spiro atoms. The van der Waals surface area contributed by atoms with Crippen molar-refractivity contribution in [2.75, 3.05) is 6.61 Å². The van der Waals surface area contributed by atoms with E-state index in [2.05, 4.69) is 10.5 Å². The first-order valence-corrected chi connectivity index (χ1v) is 6.21. The Balaban J connectivity index is 1.82. The molecule has 20 heavy (non-hydrogen) atoms. The fourth-order valence-corrected chi connectivity index (χ4v) is 1.59. The molecule has 0 unspecified atom stereocenters. The molecule has 0 bridgehead atoms. The van der Waals surface area contributed by atoms with E-state index in [0.717, 1.165) is 11.1 Å². The number of carbonyl (C=O) groups is 1. The number of furan rings is 1. The highest BCUT2D eigenvalue weighted by Crippen LogP contribution is 2.20. The van der Waals surface area contributed by atoms with Crippen molar-refractivity contribution in [3.63, 3.8) is 0 Å². The van der Waals surface area contributed by atoms with Crippen molar-refractivity contribution in [1.29, 1.82) is 0 Å². The molecule has 5 heteroatoms. The first kappa shape index (κ1) is 13.9. The van der Waals surface area contributed by atoms with Gasteiger partial charge in [-0.25, -0.2) is 5.43 Å². The molecular formula is C15H16N2O3. The van der Waals surface area contributed by atoms with Crippen molar-refractivity contribution < 1.29 is 13.9 Å². The average Bonchev–Trinajstić information content (AvgIpc) is 2.94. The number of ether oxygens (including phenoxy) is 1. The maximum atomic E-state index is 11.6. The standard InChI is InChI=1S/C15H16N2O3/c1-11-5-3-7-14(12(11)2)20-10-15(18)17-16-9-13-6-4-8-19-13/h3-9H,10H2,1-2H3,(H,17,18). The van der Waals surface area contributed by atoms with Crippen molar-refractivity contribution in [2.45, 2.75) is 13.8 Å². The van der Waals surface area contributed by atoms with E-state index in [1.165, 1.54) is 12.5 Å². The van der Waals surface area contributed by atoms with Gasteiger partial charge in [0.2, 0.25) is 0 Å². The van der Waals surface area contributed by atoms with Gasteiger partial charge in [-0.3, -0.25) is 4.79 Å². The Bertz CT molecular complexity index is 604. The van der Waals surface area contributed by atoms with Gasteiger partial charge in [-0.1, -0.05) is 12.1 Å². The van der Waals surface area contributed by atoms with Gasteiger partial charge < -0.3 is 9.15 Å². The van der Waals surface area contributed by atoms with E-state index in [-0.39, 0.29) is 12.5 Å². The van der Waals surface area contributed by atoms with Crippen LogP contribution in [-0.2, 0) is 4.79 Å². The summed E-state index contributed by atoms with van der Waals surface area (Å²) in [6.45, 7) is 3.87. The molecule has 0 aliphatic carbocycles. The Labute approximate surface area is 117 Å². The second-order valence-electron chi connectivity index (χ2n) is 4.30. The van der Waals surface area contributed by atoms with E-state index in [1.54, 1.807) is 12.1 Å². The molecule has 1 heterocycles. The maximum Gasteiger partial charge on any atom is 0.277 e. The minimum Gasteiger partial charge on any atom is -0.483 e. The molecule has 1 aromatic heterocycles. The van der Waals surface area contributed by atoms with Crippen LogP contribution in [0.3, 0.4) is 0 Å². The number of amides is 1. The van der Waals surface area contributed by atoms with Gasteiger partial charge in [0, 0.05) is 0 Å². The minimum atomic E-state index is -0.325. The lowest BCUT2D eigenvalue weighted by Crippen LogP contribution is -2.24. The third kappa shape index (κ3) is 3.71. The van der Waals surface area contributed by atoms with Crippen LogP contribution in [0.1, 0.15) is 16.9 Å². The molecule has 2 aromatic rings. The average molecular weight is 272 g/mol. The summed E-state index contributed by atoms with van der Waals surface area (Å²) in [4.78, 5) is 11.6. The third-order valence-corrected chi connectivity index (χ3v) is 2.84. The second-order valence-corrected chi connectivity index (χ2v) is 4.30. The predicted molar refractivity (Wildman–Crippen MR) is 75.9 cm³/mol. The molecule has 104 valence electrons. The van der Waals surface area contributed by atoms with E-state index in [0.29, 0.717) is 11.5 Å². The number of nitrogens with zero attached hydrogens (tertiary/aromatic N) is 1. The molecule has 0 atom stereocenters. The lowest BCUT2D eigenvalue weighted by atomic mass is 10.1. The Morgan fingerprint density at radius 2 is 2.20 bits per heavy atom. The molecular weight excluding hydrogens is 256 g/mol. The quantitative estimate of drug-likeness (QED) is 0.671. The van der Waals surface area contributed by atoms with Gasteiger partial charge in [0.15, 0.2) is 6.61 Å². The topological polar surface area (TPSA) is 63.8 Å². The summed E-state index contributed by atoms with van der Waals surface area (Å²) >= 11 is 0. The summed E-state index contributed by atoms with van der Waals surface area (Å²) in [5, 5.41) is 3.77. The predicted octanol–water partition coefficient (Wildman–Crippen LogP) is 2.43. The van der Waals surface area contributed by atoms with Crippen LogP contribution in [0.15, 0.2) is 46.1 Å². The van der Waals surface area contributed by atoms with E-state index < -0.39 is 0 Å². The number of hydrazone groups is 1. The molecule has 0 saturated heterocycles. The highest BCUT2D eigenvalue weighted by Gasteiger charge is 2.05. The minimum absolute atomic E-state index is 0.0835. The van der Waals surface area contributed by atoms with Gasteiger partial charge >= 0.3 is 0 Å². The van der Waals surface area contributed by atoms with Crippen molar-refractivity contribution in [1.82, 2.24) is 5.43 Å². The summed E-state index contributed by atoms with van der Waals surface area (Å²) in [6, 6.07) is 9.21. The number of nitrogens with one attached hydrogen (secondary N) is 1. The molecule has 1 amide bonds. The van der Waals surface area contributed by atoms with Crippen molar-refractivity contribution in [2.24, 2.45) is 5.10 Å². The molecule has 0 aliphatic rings. The zero-order valence-corrected chi connectivity index (χ0v) is 11.4. The molecule has 0 aliphatic heterocycles. The molecule has 2 rings (SSSR count). The number of hydrogen-bond acceptors (Lipinski definition) is 4. The Kier molecular flexibility index (Phi) is 4.55. The largest absolute Gasteiger partial charge is 0.483 e. The van der Waals surface area contributed by atoms with E-state index in [4.69, 9.17) is 9.15 Å². The number of aryl methyl sites for hydroxylation is 1. The highest BCUT2D eigenvalue weighted by atomic mass is 16.5. The summed E-state index contributed by atoms with van der Waals surface area (Å²) < 4.78 is 10.5. The van der Waals surface area contributed by atoms with Gasteiger partial charge in [-0.15, -0.1) is 0 Å². The first-order chi connectivity index (χ1) is 9.66. The van der Waals surface area contributed by atoms with Crippen LogP contribution in [0, 0.1) is 13.8 Å². The van der Waals surface area contributed by atoms with Crippen LogP contribution < -0.4 is 10.2 Å². The molecule has 0 saturated carbocycles. The summed E-state index contributed by atoms with van der Waals surface area (Å²) in [5.41, 5.74) is 4.52. The Morgan fingerprint density at radius 3 is 2.95 bits per heavy atom. The van der Waals surface area contributed by atoms with Crippen LogP contribution in [-0.4, -0.2) is 18.7 Å². The highest BCUT2D eigenvalue weighted by molar-refractivity contribution is 5.81. The van der Waals surface area contributed by atoms with Crippen LogP contribution in [0.4, 0.5) is 0 Å². The fraction of sp³-hybridized carbons (Fsp3) is 0.200. The van der Waals surface area contributed by atoms with Crippen molar-refractivity contribution >= 4 is 12.1 Å². The van der Waals surface area contributed by atoms with E-state index in [1.807, 2.05) is 32.0 Å². The van der Waals surface area contributed by atoms with Gasteiger partial charge in [-0.2, -0.15) is 5.10 Å². The van der Waals surface area contributed by atoms with Crippen LogP contribution >= 0.6 is 0 Å². The summed E-state index contributed by atoms with van der Waals surface area (Å²) in [7, 11) is 0. The Hall–Kier alpha value is -2.56. The summed E-state index contributed by atoms with van der Waals surface area (Å²) in [6.07, 6.45) is 2.96. The maximum absolute atomic E-state index is 11.6. The smallest absolute Gasteiger partial charge is 0.277 e. The second kappa shape index (κ2) is 6.56. The monoisotopic (exact) mass is 272 g/mol. The number of rotatable bonds is 5. The SMILES string of the molecule is Cc1cccc(OCC(=O)NN=Cc2ccco2)c1C. The van der Waals surface area contributed by atoms with E-state index in [9.17, 15) is 4.79 Å². The van der Waals surface area contributed by atoms with Crippen molar-refractivity contribution in [3.8, 4) is 5.75 Å². The zero-order valence-electron chi connectivity index (χ0n) is 11.4. The lowest BCUT2D eigenvalue weighted by Gasteiger charge is -2.09. The van der Waals surface area contributed by atoms with Crippen molar-refractivity contribution in [3.05, 3.63) is 53.5 Å². The van der Waals surface area contributed by atoms with Crippen LogP contribution in [0.5, 0.6) is 5.75 Å². The molecule has 5 nitrogen and oxygen atoms in total. The molecule has 1 aromatic carbocycles. The van der Waals surface area contributed by atoms with Gasteiger partial charge in [0.1, 0.15) is 11.5 Å². The number of carbonyl (C=O) groups excluding carboxylic acids is 1. The lowest BCUT2D eigenvalue weighted by molar-refractivity contribution is -0.123. The normalized spacial score (nSPS) is 10.7. The van der Waals surface area contributed by atoms with Gasteiger partial charge in [0.05, 0.1) is 12.5 Å². The first-order valence-electron chi connectivity index (χ1n) is 6.21. The number of benzene rings is 1. The van der Waals surface area contributed by atoms with Crippen LogP contribution in [0.25, 0.3) is 0 Å². The van der Waals surface area contributed by atoms with Gasteiger partial charge in [-0.05, 0) is 43.2 Å². The zero-order chi connectivity index (χ0) is 14.4. The molecule has 0 fully saturated rings. The van der Waals surface area contributed by atoms with Crippen LogP contribution in [0.2, 0.25) is 0 Å². The molecule has 0 radical (unpaired) electrons. The fourth-order valence-electron chi connectivity index (χ4n) is 1.59.